The first-order chi connectivity index (χ1) is 19.6. The molecule has 214 valence electrons. The highest BCUT2D eigenvalue weighted by Crippen LogP contribution is 2.51. The Hall–Kier alpha value is -3.14. The van der Waals surface area contributed by atoms with E-state index in [1.165, 1.54) is 23.3 Å². The third kappa shape index (κ3) is 4.68. The average molecular weight is 591 g/mol. The molecule has 2 fully saturated rings. The largest absolute Gasteiger partial charge is 0.465 e. The Morgan fingerprint density at radius 1 is 1.05 bits per heavy atom. The molecule has 3 aromatic rings. The van der Waals surface area contributed by atoms with Gasteiger partial charge in [0.25, 0.3) is 5.91 Å². The minimum atomic E-state index is -1.00. The highest BCUT2D eigenvalue weighted by Gasteiger charge is 2.61. The molecule has 2 aliphatic heterocycles. The molecule has 4 atom stereocenters. The Labute approximate surface area is 248 Å². The van der Waals surface area contributed by atoms with Crippen molar-refractivity contribution >= 4 is 51.6 Å². The van der Waals surface area contributed by atoms with Crippen LogP contribution < -0.4 is 9.96 Å². The van der Waals surface area contributed by atoms with Gasteiger partial charge >= 0.3 is 5.97 Å². The van der Waals surface area contributed by atoms with Crippen LogP contribution in [0.25, 0.3) is 0 Å². The maximum absolute atomic E-state index is 14.3. The molecule has 0 unspecified atom stereocenters. The molecule has 2 aromatic carbocycles. The summed E-state index contributed by atoms with van der Waals surface area (Å²) in [4.78, 5) is 51.2. The van der Waals surface area contributed by atoms with Crippen molar-refractivity contribution in [2.75, 3.05) is 23.3 Å². The number of esters is 1. The molecule has 7 nitrogen and oxygen atoms in total. The molecule has 0 spiro atoms. The normalized spacial score (nSPS) is 24.0. The third-order valence-corrected chi connectivity index (χ3v) is 10.6. The first-order valence-corrected chi connectivity index (χ1v) is 15.9. The highest BCUT2D eigenvalue weighted by molar-refractivity contribution is 7.98. The summed E-state index contributed by atoms with van der Waals surface area (Å²) in [5.74, 6) is -1.64. The van der Waals surface area contributed by atoms with E-state index in [1.807, 2.05) is 60.9 Å². The number of hydrogen-bond acceptors (Lipinski definition) is 8. The topological polar surface area (TPSA) is 76.2 Å². The van der Waals surface area contributed by atoms with Crippen molar-refractivity contribution in [1.82, 2.24) is 0 Å². The first kappa shape index (κ1) is 28.0. The molecule has 3 heterocycles. The molecule has 1 aromatic heterocycles. The van der Waals surface area contributed by atoms with Crippen molar-refractivity contribution in [1.29, 1.82) is 0 Å². The Kier molecular flexibility index (Phi) is 7.24. The maximum Gasteiger partial charge on any atom is 0.341 e. The number of hydroxylamine groups is 1. The van der Waals surface area contributed by atoms with Gasteiger partial charge in [0.1, 0.15) is 10.9 Å². The lowest BCUT2D eigenvalue weighted by molar-refractivity contribution is -0.126. The summed E-state index contributed by atoms with van der Waals surface area (Å²) in [6.45, 7) is 6.69. The second-order valence-electron chi connectivity index (χ2n) is 11.9. The predicted octanol–water partition coefficient (Wildman–Crippen LogP) is 6.46. The molecular formula is C32H34N2O5S2. The molecule has 9 heteroatoms. The Balaban J connectivity index is 1.42. The van der Waals surface area contributed by atoms with E-state index in [-0.39, 0.29) is 11.3 Å². The SMILES string of the molecule is COC(=O)c1c(N2C(=O)[C@H]3[C@H](ON(c4ccccc4)[C@H]3c3ccc(SC)cc3)C2=O)sc2c1CC[C@H](C(C)(C)C)C2. The van der Waals surface area contributed by atoms with Gasteiger partial charge in [-0.1, -0.05) is 51.1 Å². The van der Waals surface area contributed by atoms with Gasteiger partial charge in [-0.15, -0.1) is 23.1 Å². The molecule has 1 aliphatic carbocycles. The summed E-state index contributed by atoms with van der Waals surface area (Å²) in [6.07, 6.45) is 3.47. The maximum atomic E-state index is 14.3. The van der Waals surface area contributed by atoms with E-state index in [2.05, 4.69) is 20.8 Å². The molecule has 2 saturated heterocycles. The van der Waals surface area contributed by atoms with Gasteiger partial charge in [0.2, 0.25) is 5.91 Å². The van der Waals surface area contributed by atoms with E-state index in [1.54, 1.807) is 16.8 Å². The Morgan fingerprint density at radius 3 is 2.39 bits per heavy atom. The van der Waals surface area contributed by atoms with E-state index in [0.29, 0.717) is 22.9 Å². The molecule has 0 radical (unpaired) electrons. The molecule has 41 heavy (non-hydrogen) atoms. The van der Waals surface area contributed by atoms with Gasteiger partial charge in [-0.05, 0) is 72.2 Å². The number of amides is 2. The number of benzene rings is 2. The van der Waals surface area contributed by atoms with Gasteiger partial charge in [-0.25, -0.2) is 14.8 Å². The van der Waals surface area contributed by atoms with E-state index in [4.69, 9.17) is 9.57 Å². The number of anilines is 2. The minimum absolute atomic E-state index is 0.109. The molecule has 0 bridgehead atoms. The number of ether oxygens (including phenoxy) is 1. The van der Waals surface area contributed by atoms with Crippen LogP contribution in [0.5, 0.6) is 0 Å². The zero-order valence-corrected chi connectivity index (χ0v) is 25.5. The van der Waals surface area contributed by atoms with Crippen LogP contribution in [0.4, 0.5) is 10.7 Å². The number of imide groups is 1. The fraction of sp³-hybridized carbons (Fsp3) is 0.406. The van der Waals surface area contributed by atoms with Gasteiger partial charge in [0.15, 0.2) is 6.10 Å². The Morgan fingerprint density at radius 2 is 1.76 bits per heavy atom. The Bertz CT molecular complexity index is 1490. The van der Waals surface area contributed by atoms with Gasteiger partial charge in [-0.2, -0.15) is 0 Å². The molecule has 0 saturated carbocycles. The van der Waals surface area contributed by atoms with E-state index < -0.39 is 29.9 Å². The van der Waals surface area contributed by atoms with Crippen molar-refractivity contribution in [2.24, 2.45) is 17.3 Å². The summed E-state index contributed by atoms with van der Waals surface area (Å²) < 4.78 is 5.18. The van der Waals surface area contributed by atoms with Crippen molar-refractivity contribution < 1.29 is 24.0 Å². The smallest absolute Gasteiger partial charge is 0.341 e. The molecular weight excluding hydrogens is 556 g/mol. The van der Waals surface area contributed by atoms with Crippen molar-refractivity contribution in [3.05, 3.63) is 76.2 Å². The number of nitrogens with zero attached hydrogens (tertiary/aromatic N) is 2. The number of thiophene rings is 1. The summed E-state index contributed by atoms with van der Waals surface area (Å²) in [7, 11) is 1.34. The first-order valence-electron chi connectivity index (χ1n) is 13.9. The number of hydrogen-bond donors (Lipinski definition) is 0. The lowest BCUT2D eigenvalue weighted by atomic mass is 9.72. The minimum Gasteiger partial charge on any atom is -0.465 e. The van der Waals surface area contributed by atoms with Gasteiger partial charge in [0, 0.05) is 9.77 Å². The number of methoxy groups -OCH3 is 1. The van der Waals surface area contributed by atoms with Crippen molar-refractivity contribution in [3.63, 3.8) is 0 Å². The monoisotopic (exact) mass is 590 g/mol. The lowest BCUT2D eigenvalue weighted by Crippen LogP contribution is -2.37. The average Bonchev–Trinajstić information content (AvgIpc) is 3.62. The summed E-state index contributed by atoms with van der Waals surface area (Å²) in [5.41, 5.74) is 3.02. The van der Waals surface area contributed by atoms with E-state index in [0.717, 1.165) is 39.4 Å². The fourth-order valence-corrected chi connectivity index (χ4v) is 8.17. The van der Waals surface area contributed by atoms with Gasteiger partial charge in [0.05, 0.1) is 24.4 Å². The van der Waals surface area contributed by atoms with Crippen LogP contribution in [0.3, 0.4) is 0 Å². The fourth-order valence-electron chi connectivity index (χ4n) is 6.33. The summed E-state index contributed by atoms with van der Waals surface area (Å²) in [5, 5.41) is 2.07. The number of carbonyl (C=O) groups is 3. The van der Waals surface area contributed by atoms with Crippen LogP contribution in [-0.4, -0.2) is 37.3 Å². The zero-order chi connectivity index (χ0) is 29.1. The standard InChI is InChI=1S/C32H34N2O5S2/c1-32(2,3)19-13-16-22-23(17-19)41-30(24(22)31(37)38-4)33-28(35)25-26(18-11-14-21(40-5)15-12-18)34(39-27(25)29(33)36)20-9-7-6-8-10-20/h6-12,14-15,19,25-27H,13,16-17H2,1-5H3/t19-,25+,26-,27-/m0/s1. The molecule has 6 rings (SSSR count). The highest BCUT2D eigenvalue weighted by atomic mass is 32.2. The second kappa shape index (κ2) is 10.6. The number of rotatable bonds is 5. The second-order valence-corrected chi connectivity index (χ2v) is 13.9. The number of para-hydroxylation sites is 1. The van der Waals surface area contributed by atoms with Crippen LogP contribution >= 0.6 is 23.1 Å². The number of fused-ring (bicyclic) bond motifs is 2. The number of carbonyl (C=O) groups excluding carboxylic acids is 3. The van der Waals surface area contributed by atoms with Gasteiger partial charge < -0.3 is 4.74 Å². The molecule has 0 N–H and O–H groups in total. The molecule has 2 amide bonds. The van der Waals surface area contributed by atoms with Gasteiger partial charge in [-0.3, -0.25) is 14.4 Å². The van der Waals surface area contributed by atoms with Crippen LogP contribution in [0.2, 0.25) is 0 Å². The quantitative estimate of drug-likeness (QED) is 0.192. The summed E-state index contributed by atoms with van der Waals surface area (Å²) in [6, 6.07) is 17.0. The van der Waals surface area contributed by atoms with Crippen LogP contribution in [0.1, 0.15) is 59.6 Å². The molecule has 3 aliphatic rings. The van der Waals surface area contributed by atoms with Crippen molar-refractivity contribution in [2.45, 2.75) is 57.1 Å². The van der Waals surface area contributed by atoms with Crippen LogP contribution in [0.15, 0.2) is 59.5 Å². The summed E-state index contributed by atoms with van der Waals surface area (Å²) >= 11 is 3.02. The van der Waals surface area contributed by atoms with Crippen LogP contribution in [0, 0.1) is 17.3 Å². The zero-order valence-electron chi connectivity index (χ0n) is 23.9. The lowest BCUT2D eigenvalue weighted by Gasteiger charge is -2.33. The van der Waals surface area contributed by atoms with E-state index in [9.17, 15) is 14.4 Å². The number of thioether (sulfide) groups is 1. The van der Waals surface area contributed by atoms with E-state index >= 15 is 0 Å². The third-order valence-electron chi connectivity index (χ3n) is 8.65. The van der Waals surface area contributed by atoms with Crippen molar-refractivity contribution in [3.8, 4) is 0 Å². The predicted molar refractivity (Wildman–Crippen MR) is 161 cm³/mol. The van der Waals surface area contributed by atoms with Crippen LogP contribution in [-0.2, 0) is 32.0 Å².